The summed E-state index contributed by atoms with van der Waals surface area (Å²) in [5.41, 5.74) is 2.34. The van der Waals surface area contributed by atoms with E-state index in [0.29, 0.717) is 27.2 Å². The molecule has 24 heavy (non-hydrogen) atoms. The molecule has 0 atom stereocenters. The summed E-state index contributed by atoms with van der Waals surface area (Å²) in [5, 5.41) is 17.2. The zero-order valence-electron chi connectivity index (χ0n) is 12.6. The van der Waals surface area contributed by atoms with Gasteiger partial charge in [-0.2, -0.15) is 5.21 Å². The number of hydrogen-bond donors (Lipinski definition) is 3. The van der Waals surface area contributed by atoms with Crippen molar-refractivity contribution in [2.75, 3.05) is 10.6 Å². The number of benzene rings is 2. The highest BCUT2D eigenvalue weighted by atomic mass is 35.5. The van der Waals surface area contributed by atoms with E-state index in [1.165, 1.54) is 0 Å². The summed E-state index contributed by atoms with van der Waals surface area (Å²) < 4.78 is 0. The van der Waals surface area contributed by atoms with E-state index in [4.69, 9.17) is 23.2 Å². The van der Waals surface area contributed by atoms with Crippen molar-refractivity contribution in [3.05, 3.63) is 63.8 Å². The minimum Gasteiger partial charge on any atom is -0.337 e. The topological polar surface area (TPSA) is 82.7 Å². The number of aromatic amines is 1. The van der Waals surface area contributed by atoms with Crippen LogP contribution in [0, 0.1) is 6.92 Å². The summed E-state index contributed by atoms with van der Waals surface area (Å²) in [4.78, 5) is 12.4. The molecule has 0 aliphatic carbocycles. The van der Waals surface area contributed by atoms with Gasteiger partial charge in [0.05, 0.1) is 0 Å². The van der Waals surface area contributed by atoms with Crippen molar-refractivity contribution < 1.29 is 4.79 Å². The highest BCUT2D eigenvalue weighted by Crippen LogP contribution is 2.23. The molecule has 0 saturated heterocycles. The van der Waals surface area contributed by atoms with Crippen molar-refractivity contribution in [2.24, 2.45) is 0 Å². The van der Waals surface area contributed by atoms with Crippen molar-refractivity contribution in [3.8, 4) is 0 Å². The Kier molecular flexibility index (Phi) is 4.69. The third-order valence-electron chi connectivity index (χ3n) is 3.28. The number of halogens is 2. The zero-order valence-corrected chi connectivity index (χ0v) is 14.1. The maximum absolute atomic E-state index is 12.4. The van der Waals surface area contributed by atoms with Crippen LogP contribution in [0.15, 0.2) is 42.5 Å². The summed E-state index contributed by atoms with van der Waals surface area (Å²) in [6, 6.07) is 12.3. The van der Waals surface area contributed by atoms with Crippen LogP contribution in [0.2, 0.25) is 10.0 Å². The fourth-order valence-electron chi connectivity index (χ4n) is 2.04. The van der Waals surface area contributed by atoms with Crippen LogP contribution in [0.1, 0.15) is 16.1 Å². The van der Waals surface area contributed by atoms with Crippen LogP contribution in [0.25, 0.3) is 0 Å². The van der Waals surface area contributed by atoms with Gasteiger partial charge < -0.3 is 10.6 Å². The van der Waals surface area contributed by atoms with Gasteiger partial charge in [0.2, 0.25) is 0 Å². The Hall–Kier alpha value is -2.57. The molecule has 1 amide bonds. The lowest BCUT2D eigenvalue weighted by atomic mass is 10.2. The third kappa shape index (κ3) is 3.67. The van der Waals surface area contributed by atoms with Crippen molar-refractivity contribution >= 4 is 46.3 Å². The summed E-state index contributed by atoms with van der Waals surface area (Å²) in [5.74, 6) is -0.110. The van der Waals surface area contributed by atoms with E-state index in [2.05, 4.69) is 26.0 Å². The molecular weight excluding hydrogens is 349 g/mol. The fourth-order valence-corrected chi connectivity index (χ4v) is 2.41. The number of anilines is 3. The molecule has 6 nitrogen and oxygen atoms in total. The lowest BCUT2D eigenvalue weighted by Gasteiger charge is -2.07. The molecule has 3 N–H and O–H groups in total. The highest BCUT2D eigenvalue weighted by Gasteiger charge is 2.17. The number of carbonyl (C=O) groups is 1. The van der Waals surface area contributed by atoms with Gasteiger partial charge in [0.15, 0.2) is 11.5 Å². The van der Waals surface area contributed by atoms with Crippen LogP contribution < -0.4 is 10.6 Å². The number of amides is 1. The van der Waals surface area contributed by atoms with Crippen LogP contribution in [-0.4, -0.2) is 21.3 Å². The van der Waals surface area contributed by atoms with Crippen LogP contribution in [0.5, 0.6) is 0 Å². The van der Waals surface area contributed by atoms with Gasteiger partial charge in [-0.15, -0.1) is 10.2 Å². The average molecular weight is 362 g/mol. The van der Waals surface area contributed by atoms with Crippen molar-refractivity contribution in [3.63, 3.8) is 0 Å². The van der Waals surface area contributed by atoms with Crippen LogP contribution in [0.4, 0.5) is 17.2 Å². The Morgan fingerprint density at radius 1 is 1.08 bits per heavy atom. The lowest BCUT2D eigenvalue weighted by Crippen LogP contribution is -2.14. The number of carbonyl (C=O) groups excluding carboxylic acids is 1. The van der Waals surface area contributed by atoms with Gasteiger partial charge in [0.25, 0.3) is 5.91 Å². The molecule has 122 valence electrons. The first-order valence-corrected chi connectivity index (χ1v) is 7.79. The first-order chi connectivity index (χ1) is 11.5. The molecule has 0 saturated carbocycles. The van der Waals surface area contributed by atoms with E-state index in [9.17, 15) is 4.79 Å². The van der Waals surface area contributed by atoms with Crippen molar-refractivity contribution in [1.29, 1.82) is 0 Å². The van der Waals surface area contributed by atoms with E-state index < -0.39 is 5.91 Å². The molecule has 0 spiro atoms. The Labute approximate surface area is 148 Å². The summed E-state index contributed by atoms with van der Waals surface area (Å²) in [7, 11) is 0. The molecule has 3 aromatic rings. The maximum Gasteiger partial charge on any atom is 0.280 e. The smallest absolute Gasteiger partial charge is 0.280 e. The number of H-pyrrole nitrogens is 1. The van der Waals surface area contributed by atoms with Gasteiger partial charge in [-0.1, -0.05) is 35.3 Å². The standard InChI is InChI=1S/C16H13Cl2N5O/c1-9-5-6-12(8-13(9)18)20-16(24)14-15(22-23-21-14)19-11-4-2-3-10(17)7-11/h2-8H,1H3,(H,20,24)(H2,19,21,22,23). The number of aromatic nitrogens is 3. The Morgan fingerprint density at radius 3 is 2.67 bits per heavy atom. The largest absolute Gasteiger partial charge is 0.337 e. The van der Waals surface area contributed by atoms with Gasteiger partial charge in [0, 0.05) is 21.4 Å². The van der Waals surface area contributed by atoms with E-state index >= 15 is 0 Å². The first kappa shape index (κ1) is 16.3. The van der Waals surface area contributed by atoms with Gasteiger partial charge in [0.1, 0.15) is 0 Å². The summed E-state index contributed by atoms with van der Waals surface area (Å²) in [6.07, 6.45) is 0. The summed E-state index contributed by atoms with van der Waals surface area (Å²) in [6.45, 7) is 1.89. The van der Waals surface area contributed by atoms with Crippen LogP contribution in [-0.2, 0) is 0 Å². The molecule has 0 radical (unpaired) electrons. The van der Waals surface area contributed by atoms with Gasteiger partial charge in [-0.05, 0) is 42.8 Å². The van der Waals surface area contributed by atoms with Gasteiger partial charge >= 0.3 is 0 Å². The number of nitrogens with one attached hydrogen (secondary N) is 3. The fraction of sp³-hybridized carbons (Fsp3) is 0.0625. The molecule has 8 heteroatoms. The Morgan fingerprint density at radius 2 is 1.92 bits per heavy atom. The lowest BCUT2D eigenvalue weighted by molar-refractivity contribution is 0.102. The minimum absolute atomic E-state index is 0.131. The molecule has 1 aromatic heterocycles. The maximum atomic E-state index is 12.4. The van der Waals surface area contributed by atoms with Crippen LogP contribution >= 0.6 is 23.2 Å². The first-order valence-electron chi connectivity index (χ1n) is 7.04. The molecule has 2 aromatic carbocycles. The molecule has 0 aliphatic rings. The molecule has 0 fully saturated rings. The molecule has 0 bridgehead atoms. The zero-order chi connectivity index (χ0) is 17.1. The number of nitrogens with zero attached hydrogens (tertiary/aromatic N) is 2. The minimum atomic E-state index is -0.409. The number of rotatable bonds is 4. The Balaban J connectivity index is 1.78. The predicted octanol–water partition coefficient (Wildman–Crippen LogP) is 4.42. The monoisotopic (exact) mass is 361 g/mol. The quantitative estimate of drug-likeness (QED) is 0.642. The second-order valence-corrected chi connectivity index (χ2v) is 5.92. The van der Waals surface area contributed by atoms with E-state index in [-0.39, 0.29) is 5.69 Å². The normalized spacial score (nSPS) is 10.5. The highest BCUT2D eigenvalue weighted by molar-refractivity contribution is 6.31. The molecule has 3 rings (SSSR count). The van der Waals surface area contributed by atoms with Crippen molar-refractivity contribution in [2.45, 2.75) is 6.92 Å². The second kappa shape index (κ2) is 6.90. The second-order valence-electron chi connectivity index (χ2n) is 5.07. The Bertz CT molecular complexity index is 894. The molecule has 0 unspecified atom stereocenters. The average Bonchev–Trinajstić information content (AvgIpc) is 2.99. The van der Waals surface area contributed by atoms with E-state index in [1.54, 1.807) is 30.3 Å². The molecule has 1 heterocycles. The number of aryl methyl sites for hydroxylation is 1. The predicted molar refractivity (Wildman–Crippen MR) is 95.3 cm³/mol. The van der Waals surface area contributed by atoms with Crippen LogP contribution in [0.3, 0.4) is 0 Å². The van der Waals surface area contributed by atoms with Gasteiger partial charge in [-0.3, -0.25) is 4.79 Å². The van der Waals surface area contributed by atoms with Crippen molar-refractivity contribution in [1.82, 2.24) is 15.4 Å². The third-order valence-corrected chi connectivity index (χ3v) is 3.92. The van der Waals surface area contributed by atoms with E-state index in [1.807, 2.05) is 19.1 Å². The molecule has 0 aliphatic heterocycles. The molecular formula is C16H13Cl2N5O. The SMILES string of the molecule is Cc1ccc(NC(=O)c2n[nH]nc2Nc2cccc(Cl)c2)cc1Cl. The number of hydrogen-bond acceptors (Lipinski definition) is 4. The summed E-state index contributed by atoms with van der Waals surface area (Å²) >= 11 is 12.0. The van der Waals surface area contributed by atoms with Gasteiger partial charge in [-0.25, -0.2) is 0 Å². The van der Waals surface area contributed by atoms with E-state index in [0.717, 1.165) is 5.56 Å².